The van der Waals surface area contributed by atoms with E-state index >= 15 is 0 Å². The van der Waals surface area contributed by atoms with Gasteiger partial charge in [-0.1, -0.05) is 6.07 Å². The third-order valence-electron chi connectivity index (χ3n) is 1.59. The lowest BCUT2D eigenvalue weighted by molar-refractivity contribution is 0.282. The van der Waals surface area contributed by atoms with Crippen LogP contribution in [0.15, 0.2) is 23.1 Å². The molecule has 13 heavy (non-hydrogen) atoms. The molecule has 1 aromatic rings. The molecule has 0 aromatic heterocycles. The van der Waals surface area contributed by atoms with Gasteiger partial charge in [-0.15, -0.1) is 0 Å². The summed E-state index contributed by atoms with van der Waals surface area (Å²) in [7, 11) is -4.21. The van der Waals surface area contributed by atoms with Gasteiger partial charge in [0.15, 0.2) is 0 Å². The van der Waals surface area contributed by atoms with Gasteiger partial charge in [-0.3, -0.25) is 4.55 Å². The van der Waals surface area contributed by atoms with Crippen molar-refractivity contribution in [3.8, 4) is 0 Å². The molecule has 0 aliphatic heterocycles. The molecule has 0 saturated heterocycles. The maximum atomic E-state index is 10.6. The summed E-state index contributed by atoms with van der Waals surface area (Å²) < 4.78 is 29.9. The molecule has 6 heteroatoms. The summed E-state index contributed by atoms with van der Waals surface area (Å²) >= 11 is 0. The lowest BCUT2D eigenvalue weighted by Crippen LogP contribution is -2.01. The zero-order chi connectivity index (χ0) is 10.1. The topological polar surface area (TPSA) is 101 Å². The zero-order valence-corrected chi connectivity index (χ0v) is 7.45. The predicted octanol–water partition coefficient (Wildman–Crippen LogP) is 0.00780. The van der Waals surface area contributed by atoms with E-state index in [1.165, 1.54) is 12.1 Å². The van der Waals surface area contributed by atoms with Crippen LogP contribution in [0.5, 0.6) is 0 Å². The molecule has 0 heterocycles. The molecule has 0 saturated carbocycles. The van der Waals surface area contributed by atoms with Crippen molar-refractivity contribution in [1.82, 2.24) is 0 Å². The van der Waals surface area contributed by atoms with Gasteiger partial charge in [0.05, 0.1) is 11.5 Å². The molecule has 0 atom stereocenters. The van der Waals surface area contributed by atoms with Crippen molar-refractivity contribution in [2.24, 2.45) is 0 Å². The van der Waals surface area contributed by atoms with Gasteiger partial charge < -0.3 is 10.8 Å². The second-order valence-corrected chi connectivity index (χ2v) is 3.92. The molecule has 1 rings (SSSR count). The van der Waals surface area contributed by atoms with Crippen LogP contribution in [0.2, 0.25) is 0 Å². The predicted molar refractivity (Wildman–Crippen MR) is 46.6 cm³/mol. The highest BCUT2D eigenvalue weighted by molar-refractivity contribution is 7.85. The van der Waals surface area contributed by atoms with Crippen LogP contribution in [0, 0.1) is 0 Å². The Morgan fingerprint density at radius 1 is 1.38 bits per heavy atom. The second-order valence-electron chi connectivity index (χ2n) is 2.49. The van der Waals surface area contributed by atoms with Crippen molar-refractivity contribution in [3.63, 3.8) is 0 Å². The number of aliphatic hydroxyl groups is 1. The summed E-state index contributed by atoms with van der Waals surface area (Å²) in [5.41, 5.74) is 5.95. The van der Waals surface area contributed by atoms with E-state index in [0.29, 0.717) is 5.56 Å². The Labute approximate surface area is 75.6 Å². The maximum Gasteiger partial charge on any atom is 0.294 e. The Morgan fingerprint density at radius 3 is 2.38 bits per heavy atom. The van der Waals surface area contributed by atoms with Crippen molar-refractivity contribution in [1.29, 1.82) is 0 Å². The summed E-state index contributed by atoms with van der Waals surface area (Å²) in [5, 5.41) is 8.72. The monoisotopic (exact) mass is 203 g/mol. The minimum Gasteiger partial charge on any atom is -0.398 e. The molecule has 0 spiro atoms. The Bertz CT molecular complexity index is 413. The Kier molecular flexibility index (Phi) is 2.55. The third-order valence-corrected chi connectivity index (χ3v) is 2.44. The molecule has 5 nitrogen and oxygen atoms in total. The van der Waals surface area contributed by atoms with Crippen LogP contribution in [-0.4, -0.2) is 18.1 Å². The summed E-state index contributed by atoms with van der Waals surface area (Å²) in [6.07, 6.45) is 0. The van der Waals surface area contributed by atoms with Gasteiger partial charge in [-0.2, -0.15) is 8.42 Å². The summed E-state index contributed by atoms with van der Waals surface area (Å²) in [6, 6.07) is 3.62. The molecular formula is C7H9NO4S. The minimum absolute atomic E-state index is 0.137. The van der Waals surface area contributed by atoms with Gasteiger partial charge in [0.25, 0.3) is 10.1 Å². The van der Waals surface area contributed by atoms with Crippen LogP contribution in [0.3, 0.4) is 0 Å². The third kappa shape index (κ3) is 2.18. The first-order valence-corrected chi connectivity index (χ1v) is 4.86. The van der Waals surface area contributed by atoms with Gasteiger partial charge in [0, 0.05) is 11.3 Å². The van der Waals surface area contributed by atoms with Crippen molar-refractivity contribution in [2.75, 3.05) is 5.73 Å². The molecule has 72 valence electrons. The van der Waals surface area contributed by atoms with Crippen LogP contribution < -0.4 is 5.73 Å². The lowest BCUT2D eigenvalue weighted by Gasteiger charge is -2.03. The van der Waals surface area contributed by atoms with Crippen molar-refractivity contribution in [2.45, 2.75) is 11.5 Å². The molecule has 0 fully saturated rings. The van der Waals surface area contributed by atoms with Gasteiger partial charge in [0.1, 0.15) is 0 Å². The van der Waals surface area contributed by atoms with Crippen LogP contribution >= 0.6 is 0 Å². The summed E-state index contributed by atoms with van der Waals surface area (Å²) in [4.78, 5) is -0.276. The number of rotatable bonds is 2. The molecule has 0 amide bonds. The molecule has 0 radical (unpaired) electrons. The number of nitrogens with two attached hydrogens (primary N) is 1. The molecule has 4 N–H and O–H groups in total. The van der Waals surface area contributed by atoms with Crippen LogP contribution in [0.25, 0.3) is 0 Å². The van der Waals surface area contributed by atoms with Gasteiger partial charge in [-0.05, 0) is 12.1 Å². The van der Waals surface area contributed by atoms with Crippen LogP contribution in [-0.2, 0) is 16.7 Å². The van der Waals surface area contributed by atoms with Gasteiger partial charge in [0.2, 0.25) is 0 Å². The Balaban J connectivity index is 3.26. The van der Waals surface area contributed by atoms with E-state index < -0.39 is 10.1 Å². The smallest absolute Gasteiger partial charge is 0.294 e. The average molecular weight is 203 g/mol. The number of nitrogen functional groups attached to an aromatic ring is 1. The van der Waals surface area contributed by atoms with E-state index in [2.05, 4.69) is 0 Å². The average Bonchev–Trinajstić information content (AvgIpc) is 2.02. The molecule has 1 aromatic carbocycles. The first kappa shape index (κ1) is 9.97. The first-order valence-electron chi connectivity index (χ1n) is 3.42. The SMILES string of the molecule is Nc1cc(S(=O)(=O)O)ccc1CO. The number of benzene rings is 1. The van der Waals surface area contributed by atoms with E-state index in [4.69, 9.17) is 15.4 Å². The fourth-order valence-electron chi connectivity index (χ4n) is 0.877. The number of aliphatic hydroxyl groups excluding tert-OH is 1. The summed E-state index contributed by atoms with van der Waals surface area (Å²) in [5.74, 6) is 0. The molecule has 0 unspecified atom stereocenters. The van der Waals surface area contributed by atoms with E-state index in [0.717, 1.165) is 6.07 Å². The number of anilines is 1. The number of hydrogen-bond donors (Lipinski definition) is 3. The second kappa shape index (κ2) is 3.33. The molecule has 0 aliphatic carbocycles. The van der Waals surface area contributed by atoms with E-state index in [1.54, 1.807) is 0 Å². The fraction of sp³-hybridized carbons (Fsp3) is 0.143. The first-order chi connectivity index (χ1) is 5.95. The minimum atomic E-state index is -4.21. The van der Waals surface area contributed by atoms with Gasteiger partial charge >= 0.3 is 0 Å². The zero-order valence-electron chi connectivity index (χ0n) is 6.64. The highest BCUT2D eigenvalue weighted by Gasteiger charge is 2.10. The fourth-order valence-corrected chi connectivity index (χ4v) is 1.39. The van der Waals surface area contributed by atoms with E-state index in [1.807, 2.05) is 0 Å². The molecular weight excluding hydrogens is 194 g/mol. The number of hydrogen-bond acceptors (Lipinski definition) is 4. The Hall–Kier alpha value is -1.11. The quantitative estimate of drug-likeness (QED) is 0.464. The highest BCUT2D eigenvalue weighted by atomic mass is 32.2. The van der Waals surface area contributed by atoms with Crippen LogP contribution in [0.4, 0.5) is 5.69 Å². The van der Waals surface area contributed by atoms with Crippen molar-refractivity contribution >= 4 is 15.8 Å². The molecule has 0 bridgehead atoms. The standard InChI is InChI=1S/C7H9NO4S/c8-7-3-6(13(10,11)12)2-1-5(7)4-9/h1-3,9H,4,8H2,(H,10,11,12). The Morgan fingerprint density at radius 2 is 2.00 bits per heavy atom. The molecule has 0 aliphatic rings. The summed E-state index contributed by atoms with van der Waals surface area (Å²) in [6.45, 7) is -0.266. The maximum absolute atomic E-state index is 10.6. The van der Waals surface area contributed by atoms with E-state index in [-0.39, 0.29) is 17.2 Å². The lowest BCUT2D eigenvalue weighted by atomic mass is 10.2. The highest BCUT2D eigenvalue weighted by Crippen LogP contribution is 2.17. The van der Waals surface area contributed by atoms with Crippen molar-refractivity contribution in [3.05, 3.63) is 23.8 Å². The normalized spacial score (nSPS) is 11.5. The van der Waals surface area contributed by atoms with E-state index in [9.17, 15) is 8.42 Å². The van der Waals surface area contributed by atoms with Gasteiger partial charge in [-0.25, -0.2) is 0 Å². The van der Waals surface area contributed by atoms with Crippen LogP contribution in [0.1, 0.15) is 5.56 Å². The largest absolute Gasteiger partial charge is 0.398 e. The van der Waals surface area contributed by atoms with Crippen molar-refractivity contribution < 1.29 is 18.1 Å².